The summed E-state index contributed by atoms with van der Waals surface area (Å²) >= 11 is 0. The number of hydrogen-bond acceptors (Lipinski definition) is 3. The Balaban J connectivity index is 2.36. The van der Waals surface area contributed by atoms with Gasteiger partial charge in [0.1, 0.15) is 6.29 Å². The number of benzene rings is 2. The van der Waals surface area contributed by atoms with E-state index in [4.69, 9.17) is 0 Å². The van der Waals surface area contributed by atoms with Crippen LogP contribution in [0.4, 0.5) is 0 Å². The molecule has 0 radical (unpaired) electrons. The van der Waals surface area contributed by atoms with Crippen LogP contribution in [0.25, 0.3) is 0 Å². The Labute approximate surface area is 112 Å². The first kappa shape index (κ1) is 13.5. The molecule has 3 nitrogen and oxygen atoms in total. The number of hydrogen-bond donors (Lipinski definition) is 0. The van der Waals surface area contributed by atoms with Crippen LogP contribution in [0, 0.1) is 6.92 Å². The minimum absolute atomic E-state index is 0.162. The quantitative estimate of drug-likeness (QED) is 0.805. The Bertz CT molecular complexity index is 686. The average Bonchev–Trinajstić information content (AvgIpc) is 2.39. The lowest BCUT2D eigenvalue weighted by atomic mass is 10.1. The number of sulfone groups is 1. The summed E-state index contributed by atoms with van der Waals surface area (Å²) in [6, 6.07) is 13.4. The number of aldehydes is 1. The molecule has 0 saturated carbocycles. The largest absolute Gasteiger partial charge is 0.298 e. The van der Waals surface area contributed by atoms with Gasteiger partial charge in [-0.25, -0.2) is 8.42 Å². The van der Waals surface area contributed by atoms with Crippen molar-refractivity contribution in [2.75, 3.05) is 0 Å². The van der Waals surface area contributed by atoms with Gasteiger partial charge in [-0.2, -0.15) is 0 Å². The van der Waals surface area contributed by atoms with Crippen molar-refractivity contribution in [3.63, 3.8) is 0 Å². The molecule has 0 unspecified atom stereocenters. The van der Waals surface area contributed by atoms with Gasteiger partial charge < -0.3 is 0 Å². The minimum atomic E-state index is -3.42. The van der Waals surface area contributed by atoms with Gasteiger partial charge in [-0.3, -0.25) is 4.79 Å². The molecule has 98 valence electrons. The molecule has 0 N–H and O–H groups in total. The van der Waals surface area contributed by atoms with Gasteiger partial charge in [-0.1, -0.05) is 42.0 Å². The number of carbonyl (C=O) groups excluding carboxylic acids is 1. The summed E-state index contributed by atoms with van der Waals surface area (Å²) in [5.41, 5.74) is 1.95. The van der Waals surface area contributed by atoms with E-state index >= 15 is 0 Å². The number of rotatable bonds is 4. The van der Waals surface area contributed by atoms with Gasteiger partial charge in [0.25, 0.3) is 0 Å². The Morgan fingerprint density at radius 1 is 1.00 bits per heavy atom. The molecule has 19 heavy (non-hydrogen) atoms. The molecular formula is C15H14O3S. The molecule has 2 aromatic carbocycles. The second kappa shape index (κ2) is 5.36. The van der Waals surface area contributed by atoms with Crippen LogP contribution in [-0.4, -0.2) is 14.7 Å². The third-order valence-electron chi connectivity index (χ3n) is 2.91. The zero-order valence-corrected chi connectivity index (χ0v) is 11.4. The normalized spacial score (nSPS) is 11.2. The average molecular weight is 274 g/mol. The first-order valence-corrected chi connectivity index (χ1v) is 7.51. The van der Waals surface area contributed by atoms with Gasteiger partial charge >= 0.3 is 0 Å². The molecule has 0 aliphatic rings. The lowest BCUT2D eigenvalue weighted by molar-refractivity contribution is 0.112. The van der Waals surface area contributed by atoms with Crippen LogP contribution in [0.2, 0.25) is 0 Å². The van der Waals surface area contributed by atoms with E-state index in [0.29, 0.717) is 17.4 Å². The molecule has 0 spiro atoms. The molecule has 0 heterocycles. The first-order chi connectivity index (χ1) is 9.03. The SMILES string of the molecule is Cc1ccc(S(=O)(=O)Cc2ccccc2C=O)cc1. The van der Waals surface area contributed by atoms with Crippen molar-refractivity contribution >= 4 is 16.1 Å². The third kappa shape index (κ3) is 3.09. The summed E-state index contributed by atoms with van der Waals surface area (Å²) in [6.07, 6.45) is 0.681. The Kier molecular flexibility index (Phi) is 3.81. The maximum absolute atomic E-state index is 12.3. The van der Waals surface area contributed by atoms with Crippen molar-refractivity contribution in [3.8, 4) is 0 Å². The van der Waals surface area contributed by atoms with E-state index in [1.54, 1.807) is 48.5 Å². The van der Waals surface area contributed by atoms with Gasteiger partial charge in [0.2, 0.25) is 0 Å². The van der Waals surface area contributed by atoms with Crippen LogP contribution in [0.15, 0.2) is 53.4 Å². The fourth-order valence-corrected chi connectivity index (χ4v) is 3.20. The van der Waals surface area contributed by atoms with Gasteiger partial charge in [0.05, 0.1) is 10.6 Å². The van der Waals surface area contributed by atoms with E-state index in [-0.39, 0.29) is 10.6 Å². The molecule has 0 atom stereocenters. The van der Waals surface area contributed by atoms with Gasteiger partial charge in [-0.05, 0) is 24.6 Å². The summed E-state index contributed by atoms with van der Waals surface area (Å²) in [7, 11) is -3.42. The van der Waals surface area contributed by atoms with Gasteiger partial charge in [-0.15, -0.1) is 0 Å². The highest BCUT2D eigenvalue weighted by atomic mass is 32.2. The monoisotopic (exact) mass is 274 g/mol. The maximum atomic E-state index is 12.3. The molecule has 0 saturated heterocycles. The van der Waals surface area contributed by atoms with E-state index in [1.807, 2.05) is 6.92 Å². The molecule has 2 aromatic rings. The topological polar surface area (TPSA) is 51.2 Å². The zero-order chi connectivity index (χ0) is 13.9. The summed E-state index contributed by atoms with van der Waals surface area (Å²) in [5, 5.41) is 0. The number of aryl methyl sites for hydroxylation is 1. The third-order valence-corrected chi connectivity index (χ3v) is 4.59. The van der Waals surface area contributed by atoms with Crippen molar-refractivity contribution in [1.82, 2.24) is 0 Å². The van der Waals surface area contributed by atoms with E-state index in [2.05, 4.69) is 0 Å². The molecule has 0 fully saturated rings. The van der Waals surface area contributed by atoms with Crippen LogP contribution in [0.3, 0.4) is 0 Å². The lowest BCUT2D eigenvalue weighted by Crippen LogP contribution is -2.06. The van der Waals surface area contributed by atoms with Gasteiger partial charge in [0, 0.05) is 5.56 Å². The van der Waals surface area contributed by atoms with Crippen molar-refractivity contribution in [1.29, 1.82) is 0 Å². The Morgan fingerprint density at radius 2 is 1.63 bits per heavy atom. The molecule has 4 heteroatoms. The van der Waals surface area contributed by atoms with Crippen LogP contribution in [0.5, 0.6) is 0 Å². The molecule has 0 aromatic heterocycles. The highest BCUT2D eigenvalue weighted by Gasteiger charge is 2.16. The summed E-state index contributed by atoms with van der Waals surface area (Å²) in [5.74, 6) is -0.162. The second-order valence-electron chi connectivity index (χ2n) is 4.39. The van der Waals surface area contributed by atoms with Gasteiger partial charge in [0.15, 0.2) is 9.84 Å². The Morgan fingerprint density at radius 3 is 2.26 bits per heavy atom. The highest BCUT2D eigenvalue weighted by molar-refractivity contribution is 7.90. The lowest BCUT2D eigenvalue weighted by Gasteiger charge is -2.07. The standard InChI is InChI=1S/C15H14O3S/c1-12-6-8-15(9-7-12)19(17,18)11-14-5-3-2-4-13(14)10-16/h2-10H,11H2,1H3. The second-order valence-corrected chi connectivity index (χ2v) is 6.38. The van der Waals surface area contributed by atoms with E-state index in [0.717, 1.165) is 5.56 Å². The molecule has 2 rings (SSSR count). The smallest absolute Gasteiger partial charge is 0.182 e. The van der Waals surface area contributed by atoms with E-state index < -0.39 is 9.84 Å². The van der Waals surface area contributed by atoms with E-state index in [9.17, 15) is 13.2 Å². The van der Waals surface area contributed by atoms with Crippen molar-refractivity contribution in [3.05, 3.63) is 65.2 Å². The fourth-order valence-electron chi connectivity index (χ4n) is 1.81. The fraction of sp³-hybridized carbons (Fsp3) is 0.133. The molecule has 0 bridgehead atoms. The van der Waals surface area contributed by atoms with Crippen LogP contribution in [-0.2, 0) is 15.6 Å². The molecule has 0 aliphatic carbocycles. The predicted molar refractivity (Wildman–Crippen MR) is 73.9 cm³/mol. The zero-order valence-electron chi connectivity index (χ0n) is 10.5. The van der Waals surface area contributed by atoms with Crippen LogP contribution >= 0.6 is 0 Å². The van der Waals surface area contributed by atoms with Crippen molar-refractivity contribution in [2.24, 2.45) is 0 Å². The molecular weight excluding hydrogens is 260 g/mol. The summed E-state index contributed by atoms with van der Waals surface area (Å²) in [4.78, 5) is 11.2. The summed E-state index contributed by atoms with van der Waals surface area (Å²) in [6.45, 7) is 1.90. The predicted octanol–water partition coefficient (Wildman–Crippen LogP) is 2.78. The first-order valence-electron chi connectivity index (χ1n) is 5.85. The van der Waals surface area contributed by atoms with Crippen LogP contribution < -0.4 is 0 Å². The minimum Gasteiger partial charge on any atom is -0.298 e. The van der Waals surface area contributed by atoms with Crippen LogP contribution in [0.1, 0.15) is 21.5 Å². The van der Waals surface area contributed by atoms with Crippen molar-refractivity contribution in [2.45, 2.75) is 17.6 Å². The summed E-state index contributed by atoms with van der Waals surface area (Å²) < 4.78 is 24.5. The molecule has 0 amide bonds. The Hall–Kier alpha value is -1.94. The van der Waals surface area contributed by atoms with Crippen molar-refractivity contribution < 1.29 is 13.2 Å². The van der Waals surface area contributed by atoms with E-state index in [1.165, 1.54) is 0 Å². The molecule has 0 aliphatic heterocycles. The maximum Gasteiger partial charge on any atom is 0.182 e. The highest BCUT2D eigenvalue weighted by Crippen LogP contribution is 2.18. The number of carbonyl (C=O) groups is 1.